The van der Waals surface area contributed by atoms with Crippen molar-refractivity contribution in [2.24, 2.45) is 0 Å². The smallest absolute Gasteiger partial charge is 0.217 e. The number of aryl methyl sites for hydroxylation is 1. The highest BCUT2D eigenvalue weighted by molar-refractivity contribution is 5.67. The molecule has 3 rings (SSSR count). The lowest BCUT2D eigenvalue weighted by Gasteiger charge is -2.13. The average Bonchev–Trinajstić information content (AvgIpc) is 2.92. The molecule has 0 saturated heterocycles. The van der Waals surface area contributed by atoms with Gasteiger partial charge >= 0.3 is 0 Å². The summed E-state index contributed by atoms with van der Waals surface area (Å²) < 4.78 is 5.82. The first-order valence-corrected chi connectivity index (χ1v) is 6.44. The predicted molar refractivity (Wildman–Crippen MR) is 76.9 cm³/mol. The number of pyridine rings is 1. The van der Waals surface area contributed by atoms with Crippen LogP contribution in [0, 0.1) is 13.8 Å². The molecule has 0 aliphatic heterocycles. The summed E-state index contributed by atoms with van der Waals surface area (Å²) in [6.45, 7) is 6.66. The molecule has 0 bridgehead atoms. The molecule has 0 amide bonds. The second-order valence-electron chi connectivity index (χ2n) is 4.75. The molecule has 0 spiro atoms. The molecule has 2 nitrogen and oxygen atoms in total. The second-order valence-corrected chi connectivity index (χ2v) is 4.75. The maximum absolute atomic E-state index is 5.82. The topological polar surface area (TPSA) is 22.1 Å². The van der Waals surface area contributed by atoms with Gasteiger partial charge in [0.1, 0.15) is 6.61 Å². The van der Waals surface area contributed by atoms with Gasteiger partial charge in [0.05, 0.1) is 0 Å². The van der Waals surface area contributed by atoms with Crippen LogP contribution in [0.25, 0.3) is 6.08 Å². The molecule has 0 fully saturated rings. The van der Waals surface area contributed by atoms with Crippen LogP contribution in [0.15, 0.2) is 36.4 Å². The van der Waals surface area contributed by atoms with Crippen molar-refractivity contribution in [1.82, 2.24) is 4.98 Å². The minimum atomic E-state index is 0.526. The molecule has 1 radical (unpaired) electrons. The Morgan fingerprint density at radius 2 is 2.05 bits per heavy atom. The van der Waals surface area contributed by atoms with E-state index in [1.165, 1.54) is 11.1 Å². The summed E-state index contributed by atoms with van der Waals surface area (Å²) in [7, 11) is 0. The summed E-state index contributed by atoms with van der Waals surface area (Å²) in [4.78, 5) is 4.53. The van der Waals surface area contributed by atoms with Crippen LogP contribution in [-0.2, 0) is 13.0 Å². The minimum Gasteiger partial charge on any atom is -0.473 e. The number of nitrogens with zero attached hydrogens (tertiary/aromatic N) is 1. The van der Waals surface area contributed by atoms with E-state index < -0.39 is 0 Å². The molecule has 1 aromatic carbocycles. The van der Waals surface area contributed by atoms with E-state index in [4.69, 9.17) is 4.74 Å². The Kier molecular flexibility index (Phi) is 3.08. The summed E-state index contributed by atoms with van der Waals surface area (Å²) in [5.41, 5.74) is 5.52. The Labute approximate surface area is 113 Å². The number of ether oxygens (including phenoxy) is 1. The third-order valence-corrected chi connectivity index (χ3v) is 3.44. The molecule has 0 N–H and O–H groups in total. The van der Waals surface area contributed by atoms with E-state index in [0.29, 0.717) is 12.5 Å². The van der Waals surface area contributed by atoms with Crippen LogP contribution in [0.2, 0.25) is 0 Å². The van der Waals surface area contributed by atoms with E-state index in [0.717, 1.165) is 23.2 Å². The van der Waals surface area contributed by atoms with Crippen molar-refractivity contribution in [1.29, 1.82) is 0 Å². The number of fused-ring (bicyclic) bond motifs is 1. The number of allylic oxidation sites excluding steroid dienone is 1. The molecule has 95 valence electrons. The number of hydrogen-bond acceptors (Lipinski definition) is 2. The van der Waals surface area contributed by atoms with Crippen molar-refractivity contribution in [2.75, 3.05) is 0 Å². The summed E-state index contributed by atoms with van der Waals surface area (Å²) in [5, 5.41) is 0. The first-order valence-electron chi connectivity index (χ1n) is 6.44. The highest BCUT2D eigenvalue weighted by atomic mass is 16.5. The zero-order valence-electron chi connectivity index (χ0n) is 11.0. The van der Waals surface area contributed by atoms with Crippen molar-refractivity contribution in [3.8, 4) is 5.88 Å². The maximum Gasteiger partial charge on any atom is 0.217 e. The van der Waals surface area contributed by atoms with Gasteiger partial charge < -0.3 is 4.74 Å². The van der Waals surface area contributed by atoms with Gasteiger partial charge in [0, 0.05) is 11.3 Å². The number of rotatable bonds is 3. The average molecular weight is 250 g/mol. The van der Waals surface area contributed by atoms with E-state index in [1.807, 2.05) is 37.3 Å². The van der Waals surface area contributed by atoms with Gasteiger partial charge in [-0.15, -0.1) is 0 Å². The molecule has 2 aromatic rings. The SMILES string of the molecule is [CH2]c1c(OCc2ccccc2)nc(C)c2c1C=CC2. The fraction of sp³-hybridized carbons (Fsp3) is 0.176. The van der Waals surface area contributed by atoms with Gasteiger partial charge in [-0.2, -0.15) is 0 Å². The summed E-state index contributed by atoms with van der Waals surface area (Å²) >= 11 is 0. The Morgan fingerprint density at radius 3 is 2.84 bits per heavy atom. The molecular formula is C17H16NO. The summed E-state index contributed by atoms with van der Waals surface area (Å²) in [6.07, 6.45) is 5.21. The van der Waals surface area contributed by atoms with Crippen molar-refractivity contribution in [2.45, 2.75) is 20.0 Å². The highest BCUT2D eigenvalue weighted by Gasteiger charge is 2.16. The van der Waals surface area contributed by atoms with E-state index in [-0.39, 0.29) is 0 Å². The normalized spacial score (nSPS) is 12.5. The van der Waals surface area contributed by atoms with Gasteiger partial charge in [0.2, 0.25) is 5.88 Å². The first-order chi connectivity index (χ1) is 9.25. The largest absolute Gasteiger partial charge is 0.473 e. The van der Waals surface area contributed by atoms with Crippen LogP contribution < -0.4 is 4.74 Å². The van der Waals surface area contributed by atoms with Crippen LogP contribution in [0.5, 0.6) is 5.88 Å². The molecule has 0 saturated carbocycles. The van der Waals surface area contributed by atoms with Gasteiger partial charge in [0.25, 0.3) is 0 Å². The number of benzene rings is 1. The fourth-order valence-corrected chi connectivity index (χ4v) is 2.38. The van der Waals surface area contributed by atoms with Crippen molar-refractivity contribution in [3.63, 3.8) is 0 Å². The molecule has 0 atom stereocenters. The van der Waals surface area contributed by atoms with Crippen LogP contribution in [0.1, 0.15) is 27.9 Å². The molecule has 1 aliphatic rings. The van der Waals surface area contributed by atoms with Crippen LogP contribution in [0.3, 0.4) is 0 Å². The monoisotopic (exact) mass is 250 g/mol. The van der Waals surface area contributed by atoms with Crippen molar-refractivity contribution < 1.29 is 4.74 Å². The van der Waals surface area contributed by atoms with Crippen LogP contribution in [0.4, 0.5) is 0 Å². The molecule has 1 aromatic heterocycles. The summed E-state index contributed by atoms with van der Waals surface area (Å²) in [6, 6.07) is 10.1. The lowest BCUT2D eigenvalue weighted by Crippen LogP contribution is -2.03. The van der Waals surface area contributed by atoms with E-state index in [9.17, 15) is 0 Å². The third-order valence-electron chi connectivity index (χ3n) is 3.44. The highest BCUT2D eigenvalue weighted by Crippen LogP contribution is 2.30. The molecule has 2 heteroatoms. The second kappa shape index (κ2) is 4.88. The van der Waals surface area contributed by atoms with Crippen LogP contribution >= 0.6 is 0 Å². The van der Waals surface area contributed by atoms with Gasteiger partial charge in [-0.3, -0.25) is 0 Å². The third kappa shape index (κ3) is 2.26. The van der Waals surface area contributed by atoms with Crippen molar-refractivity contribution >= 4 is 6.08 Å². The lowest BCUT2D eigenvalue weighted by molar-refractivity contribution is 0.292. The number of aromatic nitrogens is 1. The Bertz CT molecular complexity index is 629. The van der Waals surface area contributed by atoms with Gasteiger partial charge in [-0.25, -0.2) is 4.98 Å². The van der Waals surface area contributed by atoms with Crippen molar-refractivity contribution in [3.05, 3.63) is 71.3 Å². The van der Waals surface area contributed by atoms with E-state index in [2.05, 4.69) is 24.1 Å². The number of hydrogen-bond donors (Lipinski definition) is 0. The Hall–Kier alpha value is -2.09. The molecule has 0 unspecified atom stereocenters. The fourth-order valence-electron chi connectivity index (χ4n) is 2.38. The molecule has 19 heavy (non-hydrogen) atoms. The Balaban J connectivity index is 1.86. The van der Waals surface area contributed by atoms with Gasteiger partial charge in [-0.1, -0.05) is 42.5 Å². The van der Waals surface area contributed by atoms with Gasteiger partial charge in [0.15, 0.2) is 0 Å². The predicted octanol–water partition coefficient (Wildman–Crippen LogP) is 3.72. The quantitative estimate of drug-likeness (QED) is 0.828. The lowest BCUT2D eigenvalue weighted by atomic mass is 10.0. The Morgan fingerprint density at radius 1 is 1.26 bits per heavy atom. The standard InChI is InChI=1S/C17H16NO/c1-12-15-9-6-10-16(15)13(2)18-17(12)19-11-14-7-4-3-5-8-14/h3-9H,1,10-11H2,2H3. The first kappa shape index (κ1) is 12.0. The molecule has 1 heterocycles. The zero-order chi connectivity index (χ0) is 13.2. The van der Waals surface area contributed by atoms with Gasteiger partial charge in [-0.05, 0) is 37.0 Å². The molecular weight excluding hydrogens is 234 g/mol. The van der Waals surface area contributed by atoms with E-state index >= 15 is 0 Å². The minimum absolute atomic E-state index is 0.526. The van der Waals surface area contributed by atoms with E-state index in [1.54, 1.807) is 0 Å². The van der Waals surface area contributed by atoms with Crippen LogP contribution in [-0.4, -0.2) is 4.98 Å². The maximum atomic E-state index is 5.82. The summed E-state index contributed by atoms with van der Waals surface area (Å²) in [5.74, 6) is 0.645. The zero-order valence-corrected chi connectivity index (χ0v) is 11.0. The molecule has 1 aliphatic carbocycles.